The lowest BCUT2D eigenvalue weighted by Gasteiger charge is -2.05. The van der Waals surface area contributed by atoms with Crippen molar-refractivity contribution in [3.05, 3.63) is 58.8 Å². The topological polar surface area (TPSA) is 92.1 Å². The lowest BCUT2D eigenvalue weighted by atomic mass is 10.3. The number of rotatable bonds is 5. The van der Waals surface area contributed by atoms with E-state index in [1.54, 1.807) is 0 Å². The largest absolute Gasteiger partial charge is 0.445 e. The Kier molecular flexibility index (Phi) is 4.66. The first-order valence-electron chi connectivity index (χ1n) is 6.12. The third kappa shape index (κ3) is 3.57. The fourth-order valence-electron chi connectivity index (χ4n) is 1.69. The molecule has 22 heavy (non-hydrogen) atoms. The number of carbonyl (C=O) groups is 1. The molecule has 0 aliphatic rings. The van der Waals surface area contributed by atoms with Gasteiger partial charge in [-0.25, -0.2) is 27.6 Å². The van der Waals surface area contributed by atoms with Crippen LogP contribution in [0.1, 0.15) is 0 Å². The molecule has 0 unspecified atom stereocenters. The Morgan fingerprint density at radius 1 is 1.36 bits per heavy atom. The van der Waals surface area contributed by atoms with Gasteiger partial charge < -0.3 is 10.5 Å². The minimum atomic E-state index is -1.05. The fourth-order valence-corrected chi connectivity index (χ4v) is 1.69. The maximum Gasteiger partial charge on any atom is 0.404 e. The Morgan fingerprint density at radius 3 is 2.64 bits per heavy atom. The third-order valence-electron chi connectivity index (χ3n) is 2.75. The zero-order valence-corrected chi connectivity index (χ0v) is 11.3. The third-order valence-corrected chi connectivity index (χ3v) is 2.75. The van der Waals surface area contributed by atoms with Crippen LogP contribution >= 0.6 is 0 Å². The van der Waals surface area contributed by atoms with Crippen LogP contribution in [0.25, 0.3) is 5.69 Å². The highest BCUT2D eigenvalue weighted by Gasteiger charge is 2.10. The number of hydrogen-bond donors (Lipinski definition) is 1. The van der Waals surface area contributed by atoms with E-state index in [0.717, 1.165) is 4.68 Å². The average Bonchev–Trinajstić information content (AvgIpc) is 2.85. The number of hydrogen-bond acceptors (Lipinski definition) is 4. The van der Waals surface area contributed by atoms with Gasteiger partial charge in [0.1, 0.15) is 18.8 Å². The Balaban J connectivity index is 2.19. The Morgan fingerprint density at radius 2 is 2.05 bits per heavy atom. The van der Waals surface area contributed by atoms with Crippen molar-refractivity contribution in [2.24, 2.45) is 5.73 Å². The molecule has 2 N–H and O–H groups in total. The average molecular weight is 310 g/mol. The van der Waals surface area contributed by atoms with E-state index in [0.29, 0.717) is 5.69 Å². The van der Waals surface area contributed by atoms with Crippen molar-refractivity contribution in [1.82, 2.24) is 14.3 Å². The highest BCUT2D eigenvalue weighted by atomic mass is 19.1. The molecular formula is C13H12F2N4O3. The minimum absolute atomic E-state index is 0.00487. The van der Waals surface area contributed by atoms with Crippen molar-refractivity contribution in [1.29, 1.82) is 0 Å². The molecule has 2 aromatic rings. The van der Waals surface area contributed by atoms with Crippen LogP contribution in [-0.4, -0.2) is 27.0 Å². The quantitative estimate of drug-likeness (QED) is 0.895. The molecule has 0 saturated heterocycles. The summed E-state index contributed by atoms with van der Waals surface area (Å²) in [5.41, 5.74) is 4.65. The van der Waals surface area contributed by atoms with E-state index in [2.05, 4.69) is 9.84 Å². The first-order chi connectivity index (χ1) is 10.5. The number of primary amides is 1. The van der Waals surface area contributed by atoms with Crippen molar-refractivity contribution < 1.29 is 18.3 Å². The van der Waals surface area contributed by atoms with Crippen LogP contribution in [-0.2, 0) is 11.3 Å². The van der Waals surface area contributed by atoms with E-state index in [4.69, 9.17) is 5.73 Å². The van der Waals surface area contributed by atoms with Gasteiger partial charge >= 0.3 is 11.8 Å². The summed E-state index contributed by atoms with van der Waals surface area (Å²) in [7, 11) is 0. The smallest absolute Gasteiger partial charge is 0.404 e. The number of benzene rings is 1. The predicted octanol–water partition coefficient (Wildman–Crippen LogP) is 1.12. The van der Waals surface area contributed by atoms with Crippen molar-refractivity contribution >= 4 is 6.09 Å². The molecule has 116 valence electrons. The molecule has 0 aliphatic carbocycles. The number of carbonyl (C=O) groups excluding carboxylic acids is 1. The molecule has 0 radical (unpaired) electrons. The summed E-state index contributed by atoms with van der Waals surface area (Å²) in [6.07, 6.45) is 0.385. The van der Waals surface area contributed by atoms with Crippen LogP contribution in [0, 0.1) is 5.82 Å². The monoisotopic (exact) mass is 310 g/mol. The van der Waals surface area contributed by atoms with E-state index in [1.165, 1.54) is 35.2 Å². The van der Waals surface area contributed by atoms with E-state index in [1.807, 2.05) is 0 Å². The van der Waals surface area contributed by atoms with Crippen LogP contribution in [0.15, 0.2) is 47.3 Å². The highest BCUT2D eigenvalue weighted by molar-refractivity contribution is 5.64. The van der Waals surface area contributed by atoms with Crippen molar-refractivity contribution in [2.75, 3.05) is 6.61 Å². The maximum atomic E-state index is 12.9. The van der Waals surface area contributed by atoms with Crippen LogP contribution in [0.4, 0.5) is 13.6 Å². The van der Waals surface area contributed by atoms with Gasteiger partial charge in [-0.3, -0.25) is 0 Å². The van der Waals surface area contributed by atoms with Gasteiger partial charge in [-0.2, -0.15) is 5.10 Å². The van der Waals surface area contributed by atoms with Crippen molar-refractivity contribution in [2.45, 2.75) is 6.54 Å². The highest BCUT2D eigenvalue weighted by Crippen LogP contribution is 2.06. The Hall–Kier alpha value is -2.97. The first kappa shape index (κ1) is 15.4. The molecule has 7 nitrogen and oxygen atoms in total. The lowest BCUT2D eigenvalue weighted by Crippen LogP contribution is -2.26. The maximum absolute atomic E-state index is 12.9. The second-order valence-electron chi connectivity index (χ2n) is 4.29. The molecule has 0 aliphatic heterocycles. The molecule has 9 heteroatoms. The standard InChI is InChI=1S/C13H12F2N4O3/c14-5-9(7-22-12(16)20)6-19-13(21)18(8-17-19)11-3-1-10(15)2-4-11/h1-5,8H,6-7H2,(H2,16,20). The molecular weight excluding hydrogens is 298 g/mol. The molecule has 0 bridgehead atoms. The van der Waals surface area contributed by atoms with Gasteiger partial charge in [-0.05, 0) is 24.3 Å². The van der Waals surface area contributed by atoms with Crippen LogP contribution < -0.4 is 11.4 Å². The van der Waals surface area contributed by atoms with Crippen LogP contribution in [0.5, 0.6) is 0 Å². The van der Waals surface area contributed by atoms with Gasteiger partial charge in [0.2, 0.25) is 0 Å². The first-order valence-corrected chi connectivity index (χ1v) is 6.12. The molecule has 2 rings (SSSR count). The zero-order valence-electron chi connectivity index (χ0n) is 11.3. The SMILES string of the molecule is NC(=O)OCC(=CF)Cn1ncn(-c2ccc(F)cc2)c1=O. The summed E-state index contributed by atoms with van der Waals surface area (Å²) < 4.78 is 32.2. The summed E-state index contributed by atoms with van der Waals surface area (Å²) in [4.78, 5) is 22.6. The summed E-state index contributed by atoms with van der Waals surface area (Å²) in [6.45, 7) is -0.599. The normalized spacial score (nSPS) is 11.5. The molecule has 0 atom stereocenters. The van der Waals surface area contributed by atoms with E-state index in [9.17, 15) is 18.4 Å². The number of halogens is 2. The minimum Gasteiger partial charge on any atom is -0.445 e. The van der Waals surface area contributed by atoms with Gasteiger partial charge in [0.05, 0.1) is 18.6 Å². The summed E-state index contributed by atoms with van der Waals surface area (Å²) in [5, 5.41) is 3.82. The zero-order chi connectivity index (χ0) is 16.1. The van der Waals surface area contributed by atoms with Crippen molar-refractivity contribution in [3.63, 3.8) is 0 Å². The lowest BCUT2D eigenvalue weighted by molar-refractivity contribution is 0.164. The molecule has 1 aromatic carbocycles. The number of aromatic nitrogens is 3. The molecule has 0 spiro atoms. The molecule has 1 amide bonds. The summed E-state index contributed by atoms with van der Waals surface area (Å²) in [6, 6.07) is 5.22. The van der Waals surface area contributed by atoms with Gasteiger partial charge in [-0.15, -0.1) is 0 Å². The number of nitrogens with two attached hydrogens (primary N) is 1. The van der Waals surface area contributed by atoms with E-state index >= 15 is 0 Å². The van der Waals surface area contributed by atoms with E-state index in [-0.39, 0.29) is 25.1 Å². The van der Waals surface area contributed by atoms with Gasteiger partial charge in [0, 0.05) is 5.57 Å². The molecule has 1 aromatic heterocycles. The second kappa shape index (κ2) is 6.66. The van der Waals surface area contributed by atoms with Crippen molar-refractivity contribution in [3.8, 4) is 5.69 Å². The number of amides is 1. The molecule has 0 saturated carbocycles. The number of ether oxygens (including phenoxy) is 1. The number of nitrogens with zero attached hydrogens (tertiary/aromatic N) is 3. The summed E-state index contributed by atoms with van der Waals surface area (Å²) in [5.74, 6) is -0.435. The van der Waals surface area contributed by atoms with E-state index < -0.39 is 17.6 Å². The molecule has 1 heterocycles. The van der Waals surface area contributed by atoms with Gasteiger partial charge in [0.15, 0.2) is 0 Å². The van der Waals surface area contributed by atoms with Gasteiger partial charge in [0.25, 0.3) is 0 Å². The van der Waals surface area contributed by atoms with Crippen LogP contribution in [0.2, 0.25) is 0 Å². The second-order valence-corrected chi connectivity index (χ2v) is 4.29. The van der Waals surface area contributed by atoms with Crippen LogP contribution in [0.3, 0.4) is 0 Å². The Labute approximate surface area is 123 Å². The fraction of sp³-hybridized carbons (Fsp3) is 0.154. The molecule has 0 fully saturated rings. The predicted molar refractivity (Wildman–Crippen MR) is 72.5 cm³/mol. The van der Waals surface area contributed by atoms with Gasteiger partial charge in [-0.1, -0.05) is 0 Å². The summed E-state index contributed by atoms with van der Waals surface area (Å²) >= 11 is 0. The Bertz CT molecular complexity index is 749.